The zero-order chi connectivity index (χ0) is 33.1. The van der Waals surface area contributed by atoms with Gasteiger partial charge in [0.15, 0.2) is 5.79 Å². The van der Waals surface area contributed by atoms with Gasteiger partial charge in [-0.2, -0.15) is 0 Å². The van der Waals surface area contributed by atoms with Crippen LogP contribution in [-0.4, -0.2) is 47.4 Å². The van der Waals surface area contributed by atoms with Crippen LogP contribution in [0.1, 0.15) is 35.3 Å². The largest absolute Gasteiger partial charge is 0.496 e. The number of hydrogen-bond donors (Lipinski definition) is 0. The van der Waals surface area contributed by atoms with Crippen molar-refractivity contribution in [2.24, 2.45) is 0 Å². The van der Waals surface area contributed by atoms with E-state index in [4.69, 9.17) is 28.4 Å². The Morgan fingerprint density at radius 2 is 0.875 bits per heavy atom. The Hall–Kier alpha value is -4.35. The van der Waals surface area contributed by atoms with Crippen LogP contribution in [0.15, 0.2) is 115 Å². The van der Waals surface area contributed by atoms with E-state index in [0.29, 0.717) is 13.2 Å². The maximum absolute atomic E-state index is 6.55. The number of methoxy groups -OCH3 is 4. The van der Waals surface area contributed by atoms with Crippen LogP contribution in [0.5, 0.6) is 23.0 Å². The summed E-state index contributed by atoms with van der Waals surface area (Å²) in [6.07, 6.45) is 1.48. The van der Waals surface area contributed by atoms with Crippen molar-refractivity contribution in [2.75, 3.05) is 41.7 Å². The van der Waals surface area contributed by atoms with Crippen LogP contribution < -0.4 is 24.3 Å². The molecule has 5 aromatic carbocycles. The molecule has 246 valence electrons. The van der Waals surface area contributed by atoms with Crippen LogP contribution in [0.3, 0.4) is 0 Å². The standard InChI is InChI=1S/C41H41O6P/c1-42-32-20-12-21-33(43-2)38(32)30-18-11-19-31(39-34(44-3)22-13-23-35(39)45-4)40(30)48-36(28-14-7-5-8-15-28)26-41(46-24-25-47-41)27-37(48)29-16-9-6-10-17-29/h5-23,36-37H,24-27H2,1-4H3. The average molecular weight is 661 g/mol. The van der Waals surface area contributed by atoms with E-state index >= 15 is 0 Å². The topological polar surface area (TPSA) is 55.4 Å². The highest BCUT2D eigenvalue weighted by molar-refractivity contribution is 7.67. The van der Waals surface area contributed by atoms with Gasteiger partial charge in [-0.25, -0.2) is 0 Å². The van der Waals surface area contributed by atoms with Gasteiger partial charge in [-0.3, -0.25) is 0 Å². The van der Waals surface area contributed by atoms with E-state index in [-0.39, 0.29) is 11.3 Å². The van der Waals surface area contributed by atoms with Crippen molar-refractivity contribution in [2.45, 2.75) is 29.9 Å². The Morgan fingerprint density at radius 3 is 1.25 bits per heavy atom. The second-order valence-electron chi connectivity index (χ2n) is 12.1. The van der Waals surface area contributed by atoms with Gasteiger partial charge in [0.1, 0.15) is 23.0 Å². The molecule has 0 radical (unpaired) electrons. The lowest BCUT2D eigenvalue weighted by Crippen LogP contribution is -2.39. The summed E-state index contributed by atoms with van der Waals surface area (Å²) in [6, 6.07) is 40.2. The lowest BCUT2D eigenvalue weighted by molar-refractivity contribution is -0.170. The first-order valence-corrected chi connectivity index (χ1v) is 17.8. The van der Waals surface area contributed by atoms with E-state index in [1.54, 1.807) is 28.4 Å². The van der Waals surface area contributed by atoms with Gasteiger partial charge in [0, 0.05) is 24.2 Å². The van der Waals surface area contributed by atoms with Crippen LogP contribution in [0.25, 0.3) is 22.3 Å². The second kappa shape index (κ2) is 14.0. The van der Waals surface area contributed by atoms with Gasteiger partial charge in [0.2, 0.25) is 0 Å². The van der Waals surface area contributed by atoms with Gasteiger partial charge in [-0.05, 0) is 51.8 Å². The monoisotopic (exact) mass is 660 g/mol. The summed E-state index contributed by atoms with van der Waals surface area (Å²) in [7, 11) is 5.84. The van der Waals surface area contributed by atoms with Gasteiger partial charge in [0.05, 0.1) is 52.8 Å². The van der Waals surface area contributed by atoms with Crippen molar-refractivity contribution in [1.29, 1.82) is 0 Å². The number of benzene rings is 5. The minimum Gasteiger partial charge on any atom is -0.496 e. The molecule has 1 spiro atoms. The molecular weight excluding hydrogens is 619 g/mol. The van der Waals surface area contributed by atoms with Crippen molar-refractivity contribution in [1.82, 2.24) is 0 Å². The van der Waals surface area contributed by atoms with Gasteiger partial charge in [-0.15, -0.1) is 0 Å². The van der Waals surface area contributed by atoms with Crippen LogP contribution >= 0.6 is 7.92 Å². The highest BCUT2D eigenvalue weighted by Crippen LogP contribution is 2.71. The quantitative estimate of drug-likeness (QED) is 0.147. The maximum Gasteiger partial charge on any atom is 0.170 e. The minimum atomic E-state index is -1.03. The fourth-order valence-electron chi connectivity index (χ4n) is 7.50. The van der Waals surface area contributed by atoms with E-state index in [9.17, 15) is 0 Å². The Kier molecular flexibility index (Phi) is 9.41. The zero-order valence-electron chi connectivity index (χ0n) is 27.8. The summed E-state index contributed by atoms with van der Waals surface area (Å²) >= 11 is 0. The molecule has 0 N–H and O–H groups in total. The molecule has 5 aromatic rings. The Balaban J connectivity index is 1.61. The third kappa shape index (κ3) is 5.83. The lowest BCUT2D eigenvalue weighted by Gasteiger charge is -2.48. The van der Waals surface area contributed by atoms with E-state index in [1.165, 1.54) is 16.4 Å². The van der Waals surface area contributed by atoms with Crippen molar-refractivity contribution in [3.05, 3.63) is 126 Å². The van der Waals surface area contributed by atoms with Crippen LogP contribution in [0.4, 0.5) is 0 Å². The first kappa shape index (κ1) is 32.2. The number of rotatable bonds is 9. The van der Waals surface area contributed by atoms with Gasteiger partial charge < -0.3 is 28.4 Å². The molecule has 2 atom stereocenters. The van der Waals surface area contributed by atoms with E-state index in [0.717, 1.165) is 58.1 Å². The van der Waals surface area contributed by atoms with Gasteiger partial charge in [0.25, 0.3) is 0 Å². The van der Waals surface area contributed by atoms with Gasteiger partial charge in [-0.1, -0.05) is 98.9 Å². The molecule has 2 fully saturated rings. The summed E-state index contributed by atoms with van der Waals surface area (Å²) in [5.41, 5.74) is 6.69. The lowest BCUT2D eigenvalue weighted by atomic mass is 9.95. The Morgan fingerprint density at radius 1 is 0.500 bits per heavy atom. The molecule has 2 aliphatic heterocycles. The molecule has 0 bridgehead atoms. The molecule has 2 heterocycles. The third-order valence-corrected chi connectivity index (χ3v) is 12.9. The van der Waals surface area contributed by atoms with Crippen molar-refractivity contribution >= 4 is 13.2 Å². The molecule has 48 heavy (non-hydrogen) atoms. The smallest absolute Gasteiger partial charge is 0.170 e. The molecule has 0 saturated carbocycles. The van der Waals surface area contributed by atoms with Crippen molar-refractivity contribution in [3.8, 4) is 45.3 Å². The highest BCUT2D eigenvalue weighted by Gasteiger charge is 2.52. The fraction of sp³-hybridized carbons (Fsp3) is 0.268. The molecule has 7 rings (SSSR count). The summed E-state index contributed by atoms with van der Waals surface area (Å²) < 4.78 is 37.3. The number of hydrogen-bond acceptors (Lipinski definition) is 6. The minimum absolute atomic E-state index is 0.0968. The van der Waals surface area contributed by atoms with E-state index < -0.39 is 13.7 Å². The molecule has 7 heteroatoms. The highest BCUT2D eigenvalue weighted by atomic mass is 31.1. The molecular formula is C41H41O6P. The summed E-state index contributed by atoms with van der Waals surface area (Å²) in [5, 5.41) is 1.23. The maximum atomic E-state index is 6.55. The van der Waals surface area contributed by atoms with Crippen molar-refractivity contribution < 1.29 is 28.4 Å². The normalized spacial score (nSPS) is 20.0. The van der Waals surface area contributed by atoms with Crippen LogP contribution in [0.2, 0.25) is 0 Å². The predicted octanol–water partition coefficient (Wildman–Crippen LogP) is 9.18. The SMILES string of the molecule is COc1cccc(OC)c1-c1cccc(-c2c(OC)cccc2OC)c1P1C(c2ccccc2)CC2(CC1c1ccccc1)OCCO2. The van der Waals surface area contributed by atoms with Crippen LogP contribution in [0, 0.1) is 0 Å². The van der Waals surface area contributed by atoms with E-state index in [1.807, 2.05) is 36.4 Å². The Labute approximate surface area is 284 Å². The van der Waals surface area contributed by atoms with Gasteiger partial charge >= 0.3 is 0 Å². The van der Waals surface area contributed by atoms with Crippen molar-refractivity contribution in [3.63, 3.8) is 0 Å². The first-order chi connectivity index (χ1) is 23.6. The predicted molar refractivity (Wildman–Crippen MR) is 192 cm³/mol. The molecule has 2 unspecified atom stereocenters. The molecule has 0 amide bonds. The molecule has 0 aromatic heterocycles. The molecule has 2 saturated heterocycles. The Bertz CT molecular complexity index is 1680. The van der Waals surface area contributed by atoms with E-state index in [2.05, 4.69) is 78.9 Å². The second-order valence-corrected chi connectivity index (χ2v) is 14.6. The average Bonchev–Trinajstić information content (AvgIpc) is 3.61. The number of ether oxygens (including phenoxy) is 6. The zero-order valence-corrected chi connectivity index (χ0v) is 28.7. The third-order valence-electron chi connectivity index (χ3n) is 9.55. The summed E-state index contributed by atoms with van der Waals surface area (Å²) in [4.78, 5) is 0. The molecule has 6 nitrogen and oxygen atoms in total. The summed E-state index contributed by atoms with van der Waals surface area (Å²) in [6.45, 7) is 1.19. The van der Waals surface area contributed by atoms with Crippen LogP contribution in [-0.2, 0) is 9.47 Å². The summed E-state index contributed by atoms with van der Waals surface area (Å²) in [5.74, 6) is 2.33. The molecule has 0 aliphatic carbocycles. The first-order valence-electron chi connectivity index (χ1n) is 16.3. The fourth-order valence-corrected chi connectivity index (χ4v) is 11.4. The molecule has 2 aliphatic rings.